The van der Waals surface area contributed by atoms with Crippen LogP contribution in [0.2, 0.25) is 5.02 Å². The van der Waals surface area contributed by atoms with Crippen LogP contribution >= 0.6 is 11.6 Å². The quantitative estimate of drug-likeness (QED) is 0.553. The van der Waals surface area contributed by atoms with Crippen molar-refractivity contribution in [1.29, 1.82) is 0 Å². The summed E-state index contributed by atoms with van der Waals surface area (Å²) in [5.41, 5.74) is 1.49. The predicted octanol–water partition coefficient (Wildman–Crippen LogP) is 4.88. The van der Waals surface area contributed by atoms with Crippen LogP contribution in [0.4, 0.5) is 0 Å². The number of halogens is 1. The Morgan fingerprint density at radius 3 is 2.48 bits per heavy atom. The van der Waals surface area contributed by atoms with E-state index in [1.807, 2.05) is 24.3 Å². The average Bonchev–Trinajstić information content (AvgIpc) is 3.04. The number of ether oxygens (including phenoxy) is 1. The summed E-state index contributed by atoms with van der Waals surface area (Å²) in [6.07, 6.45) is 2.64. The van der Waals surface area contributed by atoms with Crippen LogP contribution in [0.25, 0.3) is 5.69 Å². The maximum absolute atomic E-state index is 12.1. The fourth-order valence-corrected chi connectivity index (χ4v) is 3.00. The second kappa shape index (κ2) is 8.91. The third-order valence-corrected chi connectivity index (χ3v) is 4.91. The first kappa shape index (κ1) is 19.2. The van der Waals surface area contributed by atoms with Crippen molar-refractivity contribution in [3.05, 3.63) is 75.6 Å². The molecule has 0 saturated heterocycles. The molecule has 142 valence electrons. The van der Waals surface area contributed by atoms with Gasteiger partial charge in [0.15, 0.2) is 0 Å². The van der Waals surface area contributed by atoms with Gasteiger partial charge >= 0.3 is 5.76 Å². The third-order valence-electron chi connectivity index (χ3n) is 4.59. The van der Waals surface area contributed by atoms with Gasteiger partial charge < -0.3 is 9.15 Å². The van der Waals surface area contributed by atoms with Crippen molar-refractivity contribution < 1.29 is 9.15 Å². The van der Waals surface area contributed by atoms with E-state index < -0.39 is 5.76 Å². The second-order valence-electron chi connectivity index (χ2n) is 6.44. The first-order valence-corrected chi connectivity index (χ1v) is 9.54. The number of benzene rings is 2. The zero-order valence-electron chi connectivity index (χ0n) is 15.5. The van der Waals surface area contributed by atoms with Crippen LogP contribution < -0.4 is 10.5 Å². The summed E-state index contributed by atoms with van der Waals surface area (Å²) in [4.78, 5) is 12.1. The summed E-state index contributed by atoms with van der Waals surface area (Å²) < 4.78 is 12.3. The Bertz CT molecular complexity index is 927. The lowest BCUT2D eigenvalue weighted by molar-refractivity contribution is 0.240. The Hall–Kier alpha value is -2.53. The summed E-state index contributed by atoms with van der Waals surface area (Å²) in [7, 11) is 0. The van der Waals surface area contributed by atoms with Gasteiger partial charge in [0.05, 0.1) is 23.7 Å². The molecule has 1 aromatic heterocycles. The maximum Gasteiger partial charge on any atom is 0.442 e. The fraction of sp³-hybridized carbons (Fsp3) is 0.333. The van der Waals surface area contributed by atoms with Crippen LogP contribution in [0.1, 0.15) is 38.1 Å². The van der Waals surface area contributed by atoms with Crippen LogP contribution in [0.5, 0.6) is 5.75 Å². The average molecular weight is 387 g/mol. The van der Waals surface area contributed by atoms with Crippen LogP contribution in [0, 0.1) is 5.92 Å². The van der Waals surface area contributed by atoms with Crippen LogP contribution in [-0.4, -0.2) is 16.4 Å². The highest BCUT2D eigenvalue weighted by Crippen LogP contribution is 2.19. The number of hydrogen-bond donors (Lipinski definition) is 0. The third kappa shape index (κ3) is 4.80. The van der Waals surface area contributed by atoms with E-state index in [2.05, 4.69) is 18.9 Å². The summed E-state index contributed by atoms with van der Waals surface area (Å²) in [5.74, 6) is 1.20. The fourth-order valence-electron chi connectivity index (χ4n) is 2.78. The number of nitrogens with zero attached hydrogens (tertiary/aromatic N) is 2. The Morgan fingerprint density at radius 1 is 1.11 bits per heavy atom. The molecule has 0 fully saturated rings. The van der Waals surface area contributed by atoms with Crippen LogP contribution in [0.3, 0.4) is 0 Å². The molecular formula is C21H23ClN2O3. The Labute approximate surface area is 163 Å². The van der Waals surface area contributed by atoms with Crippen molar-refractivity contribution >= 4 is 11.6 Å². The van der Waals surface area contributed by atoms with Gasteiger partial charge in [-0.2, -0.15) is 4.68 Å². The molecule has 0 amide bonds. The molecule has 3 rings (SSSR count). The smallest absolute Gasteiger partial charge is 0.442 e. The molecule has 0 aliphatic heterocycles. The molecule has 0 radical (unpaired) electrons. The number of hydrogen-bond acceptors (Lipinski definition) is 4. The Morgan fingerprint density at radius 2 is 1.81 bits per heavy atom. The first-order chi connectivity index (χ1) is 13.1. The normalized spacial score (nSPS) is 11.1. The van der Waals surface area contributed by atoms with E-state index in [0.717, 1.165) is 30.8 Å². The SMILES string of the molecule is CCC(CC)COc1ccc(Cc2nn(-c3ccccc3Cl)c(=O)o2)cc1. The Balaban J connectivity index is 1.69. The van der Waals surface area contributed by atoms with Crippen molar-refractivity contribution in [3.63, 3.8) is 0 Å². The lowest BCUT2D eigenvalue weighted by Gasteiger charge is -2.13. The van der Waals surface area contributed by atoms with E-state index in [-0.39, 0.29) is 0 Å². The molecule has 0 saturated carbocycles. The molecule has 1 heterocycles. The highest BCUT2D eigenvalue weighted by molar-refractivity contribution is 6.32. The molecule has 0 N–H and O–H groups in total. The molecule has 3 aromatic rings. The zero-order valence-corrected chi connectivity index (χ0v) is 16.3. The van der Waals surface area contributed by atoms with E-state index >= 15 is 0 Å². The molecule has 0 unspecified atom stereocenters. The molecule has 0 spiro atoms. The van der Waals surface area contributed by atoms with Crippen LogP contribution in [-0.2, 0) is 6.42 Å². The maximum atomic E-state index is 12.1. The predicted molar refractivity (Wildman–Crippen MR) is 106 cm³/mol. The van der Waals surface area contributed by atoms with Gasteiger partial charge in [0.25, 0.3) is 0 Å². The largest absolute Gasteiger partial charge is 0.493 e. The van der Waals surface area contributed by atoms with Gasteiger partial charge in [0.2, 0.25) is 5.89 Å². The number of rotatable bonds is 8. The Kier molecular flexibility index (Phi) is 6.35. The van der Waals surface area contributed by atoms with Gasteiger partial charge in [0.1, 0.15) is 5.75 Å². The van der Waals surface area contributed by atoms with Gasteiger partial charge in [-0.3, -0.25) is 0 Å². The topological polar surface area (TPSA) is 57.3 Å². The minimum atomic E-state index is -0.553. The van der Waals surface area contributed by atoms with E-state index in [4.69, 9.17) is 20.8 Å². The van der Waals surface area contributed by atoms with Crippen molar-refractivity contribution in [1.82, 2.24) is 9.78 Å². The molecule has 0 atom stereocenters. The summed E-state index contributed by atoms with van der Waals surface area (Å²) >= 11 is 6.14. The van der Waals surface area contributed by atoms with Gasteiger partial charge in [0, 0.05) is 0 Å². The lowest BCUT2D eigenvalue weighted by Crippen LogP contribution is -2.13. The molecule has 5 nitrogen and oxygen atoms in total. The highest BCUT2D eigenvalue weighted by atomic mass is 35.5. The van der Waals surface area contributed by atoms with Gasteiger partial charge in [-0.05, 0) is 35.7 Å². The summed E-state index contributed by atoms with van der Waals surface area (Å²) in [6.45, 7) is 5.08. The number of para-hydroxylation sites is 1. The van der Waals surface area contributed by atoms with E-state index in [0.29, 0.717) is 28.9 Å². The molecular weight excluding hydrogens is 364 g/mol. The molecule has 27 heavy (non-hydrogen) atoms. The molecule has 0 bridgehead atoms. The van der Waals surface area contributed by atoms with E-state index in [9.17, 15) is 4.79 Å². The van der Waals surface area contributed by atoms with Crippen LogP contribution in [0.15, 0.2) is 57.7 Å². The van der Waals surface area contributed by atoms with Crippen molar-refractivity contribution in [2.75, 3.05) is 6.61 Å². The van der Waals surface area contributed by atoms with Crippen molar-refractivity contribution in [3.8, 4) is 11.4 Å². The van der Waals surface area contributed by atoms with E-state index in [1.54, 1.807) is 24.3 Å². The standard InChI is InChI=1S/C21H23ClN2O3/c1-3-15(4-2)14-26-17-11-9-16(10-12-17)13-20-23-24(21(25)27-20)19-8-6-5-7-18(19)22/h5-12,15H,3-4,13-14H2,1-2H3. The molecule has 2 aromatic carbocycles. The monoisotopic (exact) mass is 386 g/mol. The summed E-state index contributed by atoms with van der Waals surface area (Å²) in [6, 6.07) is 14.8. The van der Waals surface area contributed by atoms with Gasteiger partial charge in [-0.15, -0.1) is 5.10 Å². The second-order valence-corrected chi connectivity index (χ2v) is 6.85. The molecule has 0 aliphatic rings. The zero-order chi connectivity index (χ0) is 19.2. The van der Waals surface area contributed by atoms with E-state index in [1.165, 1.54) is 4.68 Å². The minimum Gasteiger partial charge on any atom is -0.493 e. The molecule has 0 aliphatic carbocycles. The lowest BCUT2D eigenvalue weighted by atomic mass is 10.1. The molecule has 6 heteroatoms. The van der Waals surface area contributed by atoms with Crippen molar-refractivity contribution in [2.24, 2.45) is 5.92 Å². The number of aromatic nitrogens is 2. The highest BCUT2D eigenvalue weighted by Gasteiger charge is 2.13. The van der Waals surface area contributed by atoms with Gasteiger partial charge in [-0.25, -0.2) is 4.79 Å². The summed E-state index contributed by atoms with van der Waals surface area (Å²) in [5, 5.41) is 4.71. The minimum absolute atomic E-state index is 0.339. The first-order valence-electron chi connectivity index (χ1n) is 9.16. The van der Waals surface area contributed by atoms with Crippen molar-refractivity contribution in [2.45, 2.75) is 33.1 Å². The van der Waals surface area contributed by atoms with Gasteiger partial charge in [-0.1, -0.05) is 62.6 Å².